The lowest BCUT2D eigenvalue weighted by atomic mass is 9.90. The first kappa shape index (κ1) is 38.8. The number of aliphatic hydroxyl groups is 1. The first-order chi connectivity index (χ1) is 18.9. The van der Waals surface area contributed by atoms with E-state index in [4.69, 9.17) is 15.2 Å². The standard InChI is InChI=1S/C35H73NO3/c1-5-7-9-11-13-15-17-19-21-23-25-27-29-38-32-34(31-35(4,36)33(3)37)39-30-28-26-24-22-20-18-16-14-12-10-8-6-2/h33-34,37H,5-32,36H2,1-4H3. The highest BCUT2D eigenvalue weighted by atomic mass is 16.5. The Morgan fingerprint density at radius 1 is 0.564 bits per heavy atom. The van der Waals surface area contributed by atoms with Crippen LogP contribution in [-0.4, -0.2) is 42.7 Å². The molecule has 4 nitrogen and oxygen atoms in total. The first-order valence-corrected chi connectivity index (χ1v) is 17.6. The Kier molecular flexibility index (Phi) is 29.2. The summed E-state index contributed by atoms with van der Waals surface area (Å²) in [4.78, 5) is 0. The number of nitrogens with two attached hydrogens (primary N) is 1. The van der Waals surface area contributed by atoms with E-state index in [2.05, 4.69) is 13.8 Å². The minimum absolute atomic E-state index is 0.0420. The number of hydrogen-bond donors (Lipinski definition) is 2. The van der Waals surface area contributed by atoms with Gasteiger partial charge in [-0.15, -0.1) is 0 Å². The Hall–Kier alpha value is -0.160. The average molecular weight is 556 g/mol. The molecule has 0 rings (SSSR count). The van der Waals surface area contributed by atoms with E-state index in [0.29, 0.717) is 13.0 Å². The molecule has 0 aliphatic heterocycles. The summed E-state index contributed by atoms with van der Waals surface area (Å²) in [5.74, 6) is 0. The second-order valence-corrected chi connectivity index (χ2v) is 12.7. The summed E-state index contributed by atoms with van der Waals surface area (Å²) in [6.45, 7) is 10.4. The van der Waals surface area contributed by atoms with Gasteiger partial charge in [-0.3, -0.25) is 0 Å². The molecule has 0 fully saturated rings. The number of rotatable bonds is 32. The fourth-order valence-corrected chi connectivity index (χ4v) is 5.28. The third kappa shape index (κ3) is 27.8. The lowest BCUT2D eigenvalue weighted by Gasteiger charge is -2.32. The molecule has 0 heterocycles. The Morgan fingerprint density at radius 3 is 1.26 bits per heavy atom. The van der Waals surface area contributed by atoms with Crippen LogP contribution in [0.1, 0.15) is 188 Å². The topological polar surface area (TPSA) is 64.7 Å². The van der Waals surface area contributed by atoms with Crippen LogP contribution in [0.3, 0.4) is 0 Å². The van der Waals surface area contributed by atoms with E-state index in [0.717, 1.165) is 26.1 Å². The fourth-order valence-electron chi connectivity index (χ4n) is 5.28. The van der Waals surface area contributed by atoms with Gasteiger partial charge >= 0.3 is 0 Å². The van der Waals surface area contributed by atoms with Gasteiger partial charge in [-0.2, -0.15) is 0 Å². The van der Waals surface area contributed by atoms with Crippen molar-refractivity contribution in [3.8, 4) is 0 Å². The maximum atomic E-state index is 10.1. The van der Waals surface area contributed by atoms with E-state index >= 15 is 0 Å². The van der Waals surface area contributed by atoms with Crippen LogP contribution in [-0.2, 0) is 9.47 Å². The van der Waals surface area contributed by atoms with Crippen molar-refractivity contribution in [3.63, 3.8) is 0 Å². The van der Waals surface area contributed by atoms with Crippen molar-refractivity contribution in [3.05, 3.63) is 0 Å². The number of aliphatic hydroxyl groups excluding tert-OH is 1. The molecule has 0 saturated heterocycles. The molecule has 0 aliphatic carbocycles. The van der Waals surface area contributed by atoms with Gasteiger partial charge in [0.1, 0.15) is 0 Å². The minimum atomic E-state index is -0.652. The zero-order valence-corrected chi connectivity index (χ0v) is 27.3. The zero-order valence-electron chi connectivity index (χ0n) is 27.3. The van der Waals surface area contributed by atoms with Gasteiger partial charge in [0.25, 0.3) is 0 Å². The molecule has 0 aliphatic rings. The van der Waals surface area contributed by atoms with E-state index in [1.807, 2.05) is 6.92 Å². The van der Waals surface area contributed by atoms with Crippen LogP contribution in [0.5, 0.6) is 0 Å². The van der Waals surface area contributed by atoms with Crippen LogP contribution in [0.15, 0.2) is 0 Å². The fraction of sp³-hybridized carbons (Fsp3) is 1.00. The Balaban J connectivity index is 3.83. The quantitative estimate of drug-likeness (QED) is 0.0810. The lowest BCUT2D eigenvalue weighted by Crippen LogP contribution is -2.50. The highest BCUT2D eigenvalue weighted by Crippen LogP contribution is 2.18. The molecular weight excluding hydrogens is 482 g/mol. The molecule has 0 bridgehead atoms. The van der Waals surface area contributed by atoms with Crippen molar-refractivity contribution in [1.82, 2.24) is 0 Å². The van der Waals surface area contributed by atoms with Gasteiger partial charge in [0.05, 0.1) is 18.8 Å². The van der Waals surface area contributed by atoms with Crippen LogP contribution in [0.4, 0.5) is 0 Å². The molecule has 0 aromatic carbocycles. The van der Waals surface area contributed by atoms with Gasteiger partial charge in [-0.05, 0) is 33.1 Å². The van der Waals surface area contributed by atoms with Crippen molar-refractivity contribution in [1.29, 1.82) is 0 Å². The summed E-state index contributed by atoms with van der Waals surface area (Å²) in [6, 6.07) is 0. The van der Waals surface area contributed by atoms with Crippen LogP contribution < -0.4 is 5.73 Å². The van der Waals surface area contributed by atoms with Gasteiger partial charge in [0.2, 0.25) is 0 Å². The predicted octanol–water partition coefficient (Wildman–Crippen LogP) is 10.3. The molecule has 3 N–H and O–H groups in total. The summed E-state index contributed by atoms with van der Waals surface area (Å²) in [7, 11) is 0. The van der Waals surface area contributed by atoms with E-state index in [1.54, 1.807) is 6.92 Å². The minimum Gasteiger partial charge on any atom is -0.392 e. The number of unbranched alkanes of at least 4 members (excludes halogenated alkanes) is 22. The molecule has 0 saturated carbocycles. The molecule has 0 aromatic rings. The maximum absolute atomic E-state index is 10.1. The summed E-state index contributed by atoms with van der Waals surface area (Å²) < 4.78 is 12.2. The molecule has 0 aromatic heterocycles. The second kappa shape index (κ2) is 29.3. The molecular formula is C35H73NO3. The van der Waals surface area contributed by atoms with Crippen molar-refractivity contribution in [2.45, 2.75) is 206 Å². The van der Waals surface area contributed by atoms with E-state index in [9.17, 15) is 5.11 Å². The average Bonchev–Trinajstić information content (AvgIpc) is 2.91. The lowest BCUT2D eigenvalue weighted by molar-refractivity contribution is -0.0424. The molecule has 39 heavy (non-hydrogen) atoms. The van der Waals surface area contributed by atoms with Crippen molar-refractivity contribution in [2.24, 2.45) is 5.73 Å². The molecule has 3 unspecified atom stereocenters. The van der Waals surface area contributed by atoms with Crippen LogP contribution in [0.2, 0.25) is 0 Å². The summed E-state index contributed by atoms with van der Waals surface area (Å²) in [6.07, 6.45) is 32.5. The van der Waals surface area contributed by atoms with Gasteiger partial charge in [0, 0.05) is 18.8 Å². The molecule has 3 atom stereocenters. The molecule has 4 heteroatoms. The van der Waals surface area contributed by atoms with E-state index in [1.165, 1.54) is 141 Å². The molecule has 236 valence electrons. The Morgan fingerprint density at radius 2 is 0.897 bits per heavy atom. The number of hydrogen-bond acceptors (Lipinski definition) is 4. The maximum Gasteiger partial charge on any atom is 0.0826 e. The third-order valence-electron chi connectivity index (χ3n) is 8.42. The second-order valence-electron chi connectivity index (χ2n) is 12.7. The van der Waals surface area contributed by atoms with Gasteiger partial charge in [-0.1, -0.05) is 155 Å². The summed E-state index contributed by atoms with van der Waals surface area (Å²) in [5, 5.41) is 10.1. The van der Waals surface area contributed by atoms with Gasteiger partial charge < -0.3 is 20.3 Å². The smallest absolute Gasteiger partial charge is 0.0826 e. The Labute approximate surface area is 246 Å². The third-order valence-corrected chi connectivity index (χ3v) is 8.42. The largest absolute Gasteiger partial charge is 0.392 e. The summed E-state index contributed by atoms with van der Waals surface area (Å²) in [5.41, 5.74) is 5.72. The van der Waals surface area contributed by atoms with Crippen LogP contribution in [0, 0.1) is 0 Å². The van der Waals surface area contributed by atoms with Crippen LogP contribution >= 0.6 is 0 Å². The van der Waals surface area contributed by atoms with Crippen molar-refractivity contribution >= 4 is 0 Å². The monoisotopic (exact) mass is 556 g/mol. The van der Waals surface area contributed by atoms with Gasteiger partial charge in [-0.25, -0.2) is 0 Å². The normalized spacial score (nSPS) is 14.9. The van der Waals surface area contributed by atoms with E-state index in [-0.39, 0.29) is 6.10 Å². The highest BCUT2D eigenvalue weighted by molar-refractivity contribution is 4.87. The number of ether oxygens (including phenoxy) is 2. The molecule has 0 amide bonds. The molecule has 0 spiro atoms. The van der Waals surface area contributed by atoms with Crippen LogP contribution in [0.25, 0.3) is 0 Å². The predicted molar refractivity (Wildman–Crippen MR) is 172 cm³/mol. The van der Waals surface area contributed by atoms with Crippen molar-refractivity contribution < 1.29 is 14.6 Å². The first-order valence-electron chi connectivity index (χ1n) is 17.6. The Bertz CT molecular complexity index is 469. The summed E-state index contributed by atoms with van der Waals surface area (Å²) >= 11 is 0. The SMILES string of the molecule is CCCCCCCCCCCCCCOCC(CC(C)(N)C(C)O)OCCCCCCCCCCCCCC. The highest BCUT2D eigenvalue weighted by Gasteiger charge is 2.29. The van der Waals surface area contributed by atoms with Crippen molar-refractivity contribution in [2.75, 3.05) is 19.8 Å². The zero-order chi connectivity index (χ0) is 28.9. The van der Waals surface area contributed by atoms with E-state index < -0.39 is 11.6 Å². The molecule has 0 radical (unpaired) electrons. The van der Waals surface area contributed by atoms with Gasteiger partial charge in [0.15, 0.2) is 0 Å².